The number of hydrogen-bond donors (Lipinski definition) is 7. The molecule has 4 aromatic rings. The van der Waals surface area contributed by atoms with Crippen molar-refractivity contribution in [3.8, 4) is 46.0 Å². The van der Waals surface area contributed by atoms with Gasteiger partial charge in [0.05, 0.1) is 17.6 Å². The SMILES string of the molecule is O=C1c2c(O)cc(O)cc2O[C@@H](c2ccc(O)cc2)[C@H]1c1c(O)cc(O)c2c1O[C@@H](c1ccc(O)cc1)[C@H](O)C2. The summed E-state index contributed by atoms with van der Waals surface area (Å²) in [5, 5.41) is 72.9. The molecule has 0 fully saturated rings. The van der Waals surface area contributed by atoms with Crippen molar-refractivity contribution >= 4 is 5.78 Å². The highest BCUT2D eigenvalue weighted by atomic mass is 16.5. The van der Waals surface area contributed by atoms with Crippen molar-refractivity contribution < 1.29 is 50.0 Å². The summed E-state index contributed by atoms with van der Waals surface area (Å²) >= 11 is 0. The Kier molecular flexibility index (Phi) is 5.85. The third kappa shape index (κ3) is 4.05. The molecule has 0 saturated heterocycles. The van der Waals surface area contributed by atoms with Gasteiger partial charge in [0.25, 0.3) is 0 Å². The molecule has 10 heteroatoms. The van der Waals surface area contributed by atoms with E-state index in [9.17, 15) is 40.5 Å². The number of aromatic hydroxyl groups is 6. The van der Waals surface area contributed by atoms with Gasteiger partial charge in [0.15, 0.2) is 5.78 Å². The molecule has 10 nitrogen and oxygen atoms in total. The summed E-state index contributed by atoms with van der Waals surface area (Å²) in [7, 11) is 0. The van der Waals surface area contributed by atoms with E-state index in [-0.39, 0.29) is 57.6 Å². The Balaban J connectivity index is 1.56. The molecule has 0 bridgehead atoms. The Morgan fingerprint density at radius 2 is 1.25 bits per heavy atom. The zero-order valence-corrected chi connectivity index (χ0v) is 20.7. The van der Waals surface area contributed by atoms with Crippen molar-refractivity contribution in [1.29, 1.82) is 0 Å². The van der Waals surface area contributed by atoms with Gasteiger partial charge in [-0.15, -0.1) is 0 Å². The molecular weight excluding hydrogens is 520 g/mol. The van der Waals surface area contributed by atoms with E-state index in [2.05, 4.69) is 0 Å². The average Bonchev–Trinajstić information content (AvgIpc) is 2.90. The van der Waals surface area contributed by atoms with E-state index in [1.54, 1.807) is 12.1 Å². The van der Waals surface area contributed by atoms with Crippen LogP contribution in [0.15, 0.2) is 66.7 Å². The van der Waals surface area contributed by atoms with Crippen molar-refractivity contribution in [2.45, 2.75) is 30.7 Å². The van der Waals surface area contributed by atoms with Crippen LogP contribution < -0.4 is 9.47 Å². The third-order valence-electron chi connectivity index (χ3n) is 7.29. The summed E-state index contributed by atoms with van der Waals surface area (Å²) in [6.45, 7) is 0. The third-order valence-corrected chi connectivity index (χ3v) is 7.29. The smallest absolute Gasteiger partial charge is 0.182 e. The van der Waals surface area contributed by atoms with Crippen LogP contribution in [0, 0.1) is 0 Å². The maximum absolute atomic E-state index is 14.1. The summed E-state index contributed by atoms with van der Waals surface area (Å²) in [4.78, 5) is 14.1. The Bertz CT molecular complexity index is 1630. The van der Waals surface area contributed by atoms with Gasteiger partial charge >= 0.3 is 0 Å². The van der Waals surface area contributed by atoms with Gasteiger partial charge in [-0.3, -0.25) is 4.79 Å². The summed E-state index contributed by atoms with van der Waals surface area (Å²) < 4.78 is 12.4. The standard InChI is InChI=1S/C30H24O10/c31-15-5-1-13(2-6-15)28-22(37)11-18-19(34)12-21(36)25(30(18)40-28)26-27(38)24-20(35)9-17(33)10-23(24)39-29(26)14-3-7-16(32)8-4-14/h1-10,12,22,26,28-29,31-37H,11H2/t22-,26+,28+,29+/m1/s1. The number of ether oxygens (including phenoxy) is 2. The second-order valence-electron chi connectivity index (χ2n) is 9.85. The average molecular weight is 545 g/mol. The zero-order chi connectivity index (χ0) is 28.3. The van der Waals surface area contributed by atoms with Gasteiger partial charge in [0.2, 0.25) is 0 Å². The van der Waals surface area contributed by atoms with E-state index in [1.807, 2.05) is 0 Å². The number of rotatable bonds is 3. The van der Waals surface area contributed by atoms with E-state index in [0.29, 0.717) is 11.1 Å². The molecule has 0 amide bonds. The lowest BCUT2D eigenvalue weighted by atomic mass is 9.78. The van der Waals surface area contributed by atoms with Crippen LogP contribution in [0.1, 0.15) is 50.7 Å². The number of Topliss-reactive ketones (excluding diaryl/α,β-unsaturated/α-hetero) is 1. The molecular formula is C30H24O10. The number of hydrogen-bond acceptors (Lipinski definition) is 10. The number of phenols is 6. The molecule has 0 unspecified atom stereocenters. The molecule has 2 heterocycles. The van der Waals surface area contributed by atoms with Gasteiger partial charge in [-0.05, 0) is 35.4 Å². The van der Waals surface area contributed by atoms with Crippen molar-refractivity contribution in [3.05, 3.63) is 94.5 Å². The molecule has 204 valence electrons. The Morgan fingerprint density at radius 3 is 1.88 bits per heavy atom. The second-order valence-corrected chi connectivity index (χ2v) is 9.85. The summed E-state index contributed by atoms with van der Waals surface area (Å²) in [6, 6.07) is 15.1. The van der Waals surface area contributed by atoms with Crippen molar-refractivity contribution in [3.63, 3.8) is 0 Å². The largest absolute Gasteiger partial charge is 0.508 e. The van der Waals surface area contributed by atoms with Crippen LogP contribution >= 0.6 is 0 Å². The number of aliphatic hydroxyl groups excluding tert-OH is 1. The van der Waals surface area contributed by atoms with Crippen LogP contribution in [-0.4, -0.2) is 47.6 Å². The van der Waals surface area contributed by atoms with Crippen LogP contribution in [0.25, 0.3) is 0 Å². The lowest BCUT2D eigenvalue weighted by Gasteiger charge is -2.37. The van der Waals surface area contributed by atoms with Gasteiger partial charge in [-0.2, -0.15) is 0 Å². The molecule has 40 heavy (non-hydrogen) atoms. The fraction of sp³-hybridized carbons (Fsp3) is 0.167. The maximum Gasteiger partial charge on any atom is 0.182 e. The number of fused-ring (bicyclic) bond motifs is 2. The van der Waals surface area contributed by atoms with Crippen LogP contribution in [0.3, 0.4) is 0 Å². The molecule has 0 saturated carbocycles. The molecule has 6 rings (SSSR count). The Labute approximate surface area is 227 Å². The first-order chi connectivity index (χ1) is 19.1. The molecule has 4 atom stereocenters. The van der Waals surface area contributed by atoms with E-state index < -0.39 is 41.5 Å². The molecule has 0 radical (unpaired) electrons. The number of ketones is 1. The van der Waals surface area contributed by atoms with Gasteiger partial charge in [0, 0.05) is 30.2 Å². The predicted molar refractivity (Wildman–Crippen MR) is 139 cm³/mol. The lowest BCUT2D eigenvalue weighted by Crippen LogP contribution is -2.34. The number of carbonyl (C=O) groups is 1. The topological polar surface area (TPSA) is 177 Å². The first-order valence-corrected chi connectivity index (χ1v) is 12.4. The fourth-order valence-corrected chi connectivity index (χ4v) is 5.43. The van der Waals surface area contributed by atoms with E-state index in [0.717, 1.165) is 12.1 Å². The Hall–Kier alpha value is -5.09. The zero-order valence-electron chi connectivity index (χ0n) is 20.7. The minimum Gasteiger partial charge on any atom is -0.508 e. The van der Waals surface area contributed by atoms with Gasteiger partial charge in [-0.25, -0.2) is 0 Å². The number of benzene rings is 4. The van der Waals surface area contributed by atoms with Crippen LogP contribution in [0.5, 0.6) is 46.0 Å². The number of carbonyl (C=O) groups excluding carboxylic acids is 1. The first kappa shape index (κ1) is 25.2. The minimum absolute atomic E-state index is 0.0108. The van der Waals surface area contributed by atoms with Crippen LogP contribution in [0.4, 0.5) is 0 Å². The number of aliphatic hydroxyl groups is 1. The Morgan fingerprint density at radius 1 is 0.650 bits per heavy atom. The molecule has 2 aliphatic heterocycles. The van der Waals surface area contributed by atoms with Crippen molar-refractivity contribution in [2.75, 3.05) is 0 Å². The highest BCUT2D eigenvalue weighted by molar-refractivity contribution is 6.07. The predicted octanol–water partition coefficient (Wildman–Crippen LogP) is 4.06. The second kappa shape index (κ2) is 9.28. The van der Waals surface area contributed by atoms with Crippen molar-refractivity contribution in [1.82, 2.24) is 0 Å². The van der Waals surface area contributed by atoms with E-state index >= 15 is 0 Å². The monoisotopic (exact) mass is 544 g/mol. The molecule has 0 spiro atoms. The minimum atomic E-state index is -1.32. The van der Waals surface area contributed by atoms with Gasteiger partial charge in [0.1, 0.15) is 63.8 Å². The van der Waals surface area contributed by atoms with E-state index in [1.165, 1.54) is 42.5 Å². The molecule has 7 N–H and O–H groups in total. The van der Waals surface area contributed by atoms with Gasteiger partial charge in [-0.1, -0.05) is 24.3 Å². The van der Waals surface area contributed by atoms with Crippen LogP contribution in [-0.2, 0) is 6.42 Å². The van der Waals surface area contributed by atoms with Crippen molar-refractivity contribution in [2.24, 2.45) is 0 Å². The summed E-state index contributed by atoms with van der Waals surface area (Å²) in [6.07, 6.45) is -3.29. The first-order valence-electron chi connectivity index (χ1n) is 12.4. The normalized spacial score (nSPS) is 21.6. The molecule has 2 aliphatic rings. The quantitative estimate of drug-likeness (QED) is 0.199. The highest BCUT2D eigenvalue weighted by Crippen LogP contribution is 2.55. The van der Waals surface area contributed by atoms with Gasteiger partial charge < -0.3 is 45.2 Å². The van der Waals surface area contributed by atoms with E-state index in [4.69, 9.17) is 9.47 Å². The highest BCUT2D eigenvalue weighted by Gasteiger charge is 2.46. The maximum atomic E-state index is 14.1. The molecule has 4 aromatic carbocycles. The summed E-state index contributed by atoms with van der Waals surface area (Å²) in [5.74, 6) is -3.80. The fourth-order valence-electron chi connectivity index (χ4n) is 5.43. The van der Waals surface area contributed by atoms with Crippen LogP contribution in [0.2, 0.25) is 0 Å². The lowest BCUT2D eigenvalue weighted by molar-refractivity contribution is 0.0179. The summed E-state index contributed by atoms with van der Waals surface area (Å²) in [5.41, 5.74) is 0.837. The molecule has 0 aromatic heterocycles. The number of phenolic OH excluding ortho intramolecular Hbond substituents is 6. The molecule has 0 aliphatic carbocycles.